The molecule has 6 heteroatoms. The molecule has 2 heterocycles. The first-order valence-corrected chi connectivity index (χ1v) is 15.0. The molecule has 1 fully saturated rings. The Morgan fingerprint density at radius 1 is 0.632 bits per heavy atom. The van der Waals surface area contributed by atoms with Gasteiger partial charge in [0.2, 0.25) is 5.89 Å². The number of rotatable bonds is 6. The fraction of sp³-hybridized carbons (Fsp3) is 0.156. The van der Waals surface area contributed by atoms with Gasteiger partial charge in [-0.15, -0.1) is 24.0 Å². The number of hydrogen-bond donors (Lipinski definition) is 0. The van der Waals surface area contributed by atoms with Crippen LogP contribution in [0.5, 0.6) is 0 Å². The van der Waals surface area contributed by atoms with Crippen molar-refractivity contribution < 1.29 is 4.42 Å². The monoisotopic (exact) mass is 651 g/mol. The largest absolute Gasteiger partial charge is 0.416 e. The van der Waals surface area contributed by atoms with Gasteiger partial charge in [0.25, 0.3) is 11.3 Å². The Balaban J connectivity index is 0.00000294. The quantitative estimate of drug-likeness (QED) is 0.143. The number of piperidine rings is 1. The van der Waals surface area contributed by atoms with E-state index in [0.29, 0.717) is 10.9 Å². The number of nitrogens with zero attached hydrogens (tertiary/aromatic N) is 2. The lowest BCUT2D eigenvalue weighted by Gasteiger charge is -2.30. The van der Waals surface area contributed by atoms with E-state index in [1.807, 2.05) is 24.3 Å². The van der Waals surface area contributed by atoms with Gasteiger partial charge in [0.05, 0.1) is 10.6 Å². The first-order chi connectivity index (χ1) is 18.3. The molecule has 0 aliphatic carbocycles. The molecule has 1 saturated heterocycles. The van der Waals surface area contributed by atoms with E-state index < -0.39 is 7.26 Å². The lowest BCUT2D eigenvalue weighted by molar-refractivity contribution is 0.506. The molecule has 0 radical (unpaired) electrons. The standard InChI is InChI=1S/C32H29ClN2OP.HI/c33-29-22-12-11-21-28(29)30-34-31(32(36-30)35-23-13-4-14-24-35)37(25-15-5-1-6-16-25,26-17-7-2-8-18-26)27-19-9-3-10-20-27;/h1-3,5-12,15-22H,4,13-14,23-24H2;1H/q+1;. The zero-order valence-corrected chi connectivity index (χ0v) is 25.0. The van der Waals surface area contributed by atoms with Crippen molar-refractivity contribution in [3.8, 4) is 11.5 Å². The van der Waals surface area contributed by atoms with Crippen molar-refractivity contribution in [2.75, 3.05) is 18.0 Å². The second kappa shape index (κ2) is 12.0. The summed E-state index contributed by atoms with van der Waals surface area (Å²) >= 11 is 6.67. The van der Waals surface area contributed by atoms with Crippen molar-refractivity contribution in [3.63, 3.8) is 0 Å². The Bertz CT molecular complexity index is 1370. The van der Waals surface area contributed by atoms with Gasteiger partial charge < -0.3 is 9.32 Å². The van der Waals surface area contributed by atoms with E-state index in [0.717, 1.165) is 42.8 Å². The minimum absolute atomic E-state index is 0. The number of aromatic nitrogens is 1. The summed E-state index contributed by atoms with van der Waals surface area (Å²) in [7, 11) is -2.41. The molecular formula is C32H30ClIN2OP+. The molecule has 3 nitrogen and oxygen atoms in total. The molecule has 5 aromatic rings. The van der Waals surface area contributed by atoms with Gasteiger partial charge in [-0.05, 0) is 67.8 Å². The van der Waals surface area contributed by atoms with Gasteiger partial charge in [-0.25, -0.2) is 0 Å². The maximum Gasteiger partial charge on any atom is 0.262 e. The van der Waals surface area contributed by atoms with Crippen LogP contribution in [0.4, 0.5) is 5.88 Å². The van der Waals surface area contributed by atoms with Crippen molar-refractivity contribution in [2.45, 2.75) is 19.3 Å². The third kappa shape index (κ3) is 4.90. The van der Waals surface area contributed by atoms with Crippen LogP contribution in [0.25, 0.3) is 11.5 Å². The molecule has 192 valence electrons. The molecule has 1 aliphatic rings. The number of hydrogen-bond acceptors (Lipinski definition) is 3. The maximum absolute atomic E-state index is 6.75. The van der Waals surface area contributed by atoms with Crippen LogP contribution in [0.2, 0.25) is 5.02 Å². The lowest BCUT2D eigenvalue weighted by Crippen LogP contribution is -2.42. The molecule has 0 unspecified atom stereocenters. The van der Waals surface area contributed by atoms with Crippen LogP contribution < -0.4 is 26.2 Å². The van der Waals surface area contributed by atoms with Gasteiger partial charge in [-0.3, -0.25) is 0 Å². The summed E-state index contributed by atoms with van der Waals surface area (Å²) in [4.78, 5) is 7.77. The van der Waals surface area contributed by atoms with Gasteiger partial charge in [0, 0.05) is 13.1 Å². The number of oxazole rings is 1. The first kappa shape index (κ1) is 26.9. The van der Waals surface area contributed by atoms with E-state index in [1.54, 1.807) is 0 Å². The SMILES string of the molecule is Clc1ccccc1-c1nc([P+](c2ccccc2)(c2ccccc2)c2ccccc2)c(N2CCCCC2)o1.I. The van der Waals surface area contributed by atoms with Crippen molar-refractivity contribution in [1.82, 2.24) is 4.98 Å². The van der Waals surface area contributed by atoms with E-state index >= 15 is 0 Å². The van der Waals surface area contributed by atoms with Gasteiger partial charge in [-0.1, -0.05) is 78.3 Å². The summed E-state index contributed by atoms with van der Waals surface area (Å²) in [6.45, 7) is 1.92. The Morgan fingerprint density at radius 2 is 1.11 bits per heavy atom. The minimum Gasteiger partial charge on any atom is -0.416 e. The third-order valence-corrected chi connectivity index (χ3v) is 11.6. The Hall–Kier alpha value is -2.66. The Morgan fingerprint density at radius 3 is 1.61 bits per heavy atom. The van der Waals surface area contributed by atoms with Gasteiger partial charge in [0.1, 0.15) is 15.9 Å². The average Bonchev–Trinajstić information content (AvgIpc) is 3.41. The highest BCUT2D eigenvalue weighted by atomic mass is 127. The predicted molar refractivity (Wildman–Crippen MR) is 173 cm³/mol. The molecule has 6 rings (SSSR count). The average molecular weight is 652 g/mol. The number of benzene rings is 4. The van der Waals surface area contributed by atoms with Gasteiger partial charge in [-0.2, -0.15) is 4.98 Å². The number of anilines is 1. The van der Waals surface area contributed by atoms with Crippen molar-refractivity contribution >= 4 is 70.1 Å². The van der Waals surface area contributed by atoms with Gasteiger partial charge in [0.15, 0.2) is 7.26 Å². The second-order valence-electron chi connectivity index (χ2n) is 9.35. The van der Waals surface area contributed by atoms with Crippen LogP contribution in [0.3, 0.4) is 0 Å². The van der Waals surface area contributed by atoms with E-state index in [4.69, 9.17) is 21.0 Å². The summed E-state index contributed by atoms with van der Waals surface area (Å²) in [5.41, 5.74) is 1.83. The fourth-order valence-corrected chi connectivity index (χ4v) is 9.76. The molecule has 0 N–H and O–H groups in total. The maximum atomic E-state index is 6.75. The normalized spacial score (nSPS) is 13.7. The molecule has 0 amide bonds. The number of halogens is 2. The Kier molecular flexibility index (Phi) is 8.52. The molecule has 0 spiro atoms. The van der Waals surface area contributed by atoms with Crippen LogP contribution in [0.15, 0.2) is 120 Å². The lowest BCUT2D eigenvalue weighted by atomic mass is 10.1. The summed E-state index contributed by atoms with van der Waals surface area (Å²) < 4.78 is 6.75. The molecule has 0 saturated carbocycles. The molecule has 0 atom stereocenters. The highest BCUT2D eigenvalue weighted by Crippen LogP contribution is 2.56. The van der Waals surface area contributed by atoms with Crippen LogP contribution in [0.1, 0.15) is 19.3 Å². The highest BCUT2D eigenvalue weighted by Gasteiger charge is 2.53. The highest BCUT2D eigenvalue weighted by molar-refractivity contribution is 14.0. The molecule has 0 bridgehead atoms. The van der Waals surface area contributed by atoms with Crippen molar-refractivity contribution in [1.29, 1.82) is 0 Å². The molecule has 1 aromatic heterocycles. The van der Waals surface area contributed by atoms with Gasteiger partial charge >= 0.3 is 0 Å². The molecule has 38 heavy (non-hydrogen) atoms. The second-order valence-corrected chi connectivity index (χ2v) is 13.1. The molecule has 4 aromatic carbocycles. The zero-order valence-electron chi connectivity index (χ0n) is 21.0. The smallest absolute Gasteiger partial charge is 0.262 e. The summed E-state index contributed by atoms with van der Waals surface area (Å²) in [5, 5.41) is 4.41. The summed E-state index contributed by atoms with van der Waals surface area (Å²) in [6.07, 6.45) is 3.54. The summed E-state index contributed by atoms with van der Waals surface area (Å²) in [6, 6.07) is 40.3. The van der Waals surface area contributed by atoms with E-state index in [1.165, 1.54) is 22.3 Å². The predicted octanol–water partition coefficient (Wildman–Crippen LogP) is 7.22. The topological polar surface area (TPSA) is 29.3 Å². The van der Waals surface area contributed by atoms with Crippen LogP contribution in [-0.4, -0.2) is 18.1 Å². The zero-order chi connectivity index (χ0) is 25.1. The van der Waals surface area contributed by atoms with Crippen LogP contribution in [-0.2, 0) is 0 Å². The van der Waals surface area contributed by atoms with Crippen molar-refractivity contribution in [3.05, 3.63) is 120 Å². The van der Waals surface area contributed by atoms with E-state index in [-0.39, 0.29) is 24.0 Å². The Labute approximate surface area is 247 Å². The van der Waals surface area contributed by atoms with Crippen LogP contribution in [0, 0.1) is 0 Å². The third-order valence-electron chi connectivity index (χ3n) is 7.09. The van der Waals surface area contributed by atoms with Crippen LogP contribution >= 0.6 is 42.8 Å². The minimum atomic E-state index is -2.41. The van der Waals surface area contributed by atoms with E-state index in [9.17, 15) is 0 Å². The summed E-state index contributed by atoms with van der Waals surface area (Å²) in [5.74, 6) is 1.45. The van der Waals surface area contributed by atoms with E-state index in [2.05, 4.69) is 95.9 Å². The fourth-order valence-electron chi connectivity index (χ4n) is 5.34. The molecule has 1 aliphatic heterocycles. The molecular weight excluding hydrogens is 622 g/mol. The first-order valence-electron chi connectivity index (χ1n) is 12.9. The van der Waals surface area contributed by atoms with Crippen molar-refractivity contribution in [2.24, 2.45) is 0 Å².